The molecule has 0 atom stereocenters. The molecule has 0 spiro atoms. The molecule has 7 heavy (non-hydrogen) atoms. The zero-order chi connectivity index (χ0) is 5.70. The molecule has 0 bridgehead atoms. The zero-order valence-corrected chi connectivity index (χ0v) is 7.89. The van der Waals surface area contributed by atoms with Crippen molar-refractivity contribution in [3.05, 3.63) is 0 Å². The molecule has 3 nitrogen and oxygen atoms in total. The van der Waals surface area contributed by atoms with Crippen LogP contribution < -0.4 is 23.0 Å². The van der Waals surface area contributed by atoms with E-state index in [1.807, 2.05) is 0 Å². The predicted octanol–water partition coefficient (Wildman–Crippen LogP) is -2.30. The van der Waals surface area contributed by atoms with Crippen LogP contribution in [0, 0.1) is 0 Å². The summed E-state index contributed by atoms with van der Waals surface area (Å²) in [6, 6.07) is 0. The molecule has 0 radical (unpaired) electrons. The van der Waals surface area contributed by atoms with Crippen LogP contribution in [-0.2, 0) is 3.07 Å². The van der Waals surface area contributed by atoms with Crippen molar-refractivity contribution in [3.8, 4) is 0 Å². The van der Waals surface area contributed by atoms with Crippen molar-refractivity contribution in [2.75, 3.05) is 7.05 Å². The Kier molecular flexibility index (Phi) is 5.39. The van der Waals surface area contributed by atoms with Gasteiger partial charge in [-0.3, -0.25) is 0 Å². The molecule has 44 valence electrons. The number of halogens is 2. The summed E-state index contributed by atoms with van der Waals surface area (Å²) < 4.78 is 4.54. The van der Waals surface area contributed by atoms with Crippen LogP contribution >= 0.6 is 18.6 Å². The minimum atomic E-state index is -0.381. The number of rotatable bonds is 1. The number of carbonyl (C=O) groups excluding carboxylic acids is 1. The quantitative estimate of drug-likeness (QED) is 0.550. The Morgan fingerprint density at radius 3 is 2.71 bits per heavy atom. The van der Waals surface area contributed by atoms with E-state index in [0.29, 0.717) is 0 Å². The molecule has 0 unspecified atom stereocenters. The molecule has 0 saturated carbocycles. The number of hydrogen-bond acceptors (Lipinski definition) is 2. The second kappa shape index (κ2) is 4.88. The van der Waals surface area contributed by atoms with E-state index in [-0.39, 0.29) is 23.7 Å². The second-order valence-corrected chi connectivity index (χ2v) is 3.68. The van der Waals surface area contributed by atoms with Gasteiger partial charge in [0.15, 0.2) is 0 Å². The van der Waals surface area contributed by atoms with Gasteiger partial charge in [-0.25, -0.2) is 0 Å². The molecule has 0 aromatic rings. The minimum absolute atomic E-state index is 0.331. The van der Waals surface area contributed by atoms with Crippen molar-refractivity contribution < 1.29 is 25.5 Å². The average molecular weight is 328 g/mol. The molecule has 0 heterocycles. The Labute approximate surface area is 62.2 Å². The third-order valence-corrected chi connectivity index (χ3v) is 1.99. The van der Waals surface area contributed by atoms with Crippen molar-refractivity contribution in [1.82, 2.24) is 5.32 Å². The van der Waals surface area contributed by atoms with E-state index in [9.17, 15) is 4.79 Å². The molecule has 0 saturated heterocycles. The molecule has 0 aliphatic carbocycles. The van der Waals surface area contributed by atoms with E-state index in [2.05, 4.69) is 27.0 Å². The molecular formula is C2H4I2NO2-. The first-order valence-electron chi connectivity index (χ1n) is 1.46. The number of carbonyl (C=O) groups is 1. The summed E-state index contributed by atoms with van der Waals surface area (Å²) in [5.74, 6) is 0. The Hall–Kier alpha value is 0.730. The standard InChI is InChI=1S/C2H4I2NO2/c1-5-2(6)7-4-3/h1H3,(H,5,6)/q-1. The van der Waals surface area contributed by atoms with Crippen LogP contribution in [-0.4, -0.2) is 13.1 Å². The van der Waals surface area contributed by atoms with Gasteiger partial charge in [-0.15, -0.1) is 0 Å². The summed E-state index contributed by atoms with van der Waals surface area (Å²) in [7, 11) is 1.54. The van der Waals surface area contributed by atoms with Crippen molar-refractivity contribution in [3.63, 3.8) is 0 Å². The van der Waals surface area contributed by atoms with E-state index < -0.39 is 0 Å². The van der Waals surface area contributed by atoms with Gasteiger partial charge in [-0.1, -0.05) is 0 Å². The average Bonchev–Trinajstić information content (AvgIpc) is 1.68. The molecule has 5 heteroatoms. The van der Waals surface area contributed by atoms with Crippen molar-refractivity contribution in [2.24, 2.45) is 0 Å². The molecule has 0 aliphatic rings. The molecule has 0 aliphatic heterocycles. The van der Waals surface area contributed by atoms with Gasteiger partial charge >= 0.3 is 62.6 Å². The number of amides is 1. The van der Waals surface area contributed by atoms with Gasteiger partial charge in [0.1, 0.15) is 0 Å². The third-order valence-electron chi connectivity index (χ3n) is 0.303. The van der Waals surface area contributed by atoms with Gasteiger partial charge in [0.05, 0.1) is 0 Å². The molecule has 0 fully saturated rings. The first kappa shape index (κ1) is 7.73. The van der Waals surface area contributed by atoms with Gasteiger partial charge in [-0.2, -0.15) is 0 Å². The van der Waals surface area contributed by atoms with Gasteiger partial charge in [0.2, 0.25) is 0 Å². The molecule has 0 rings (SSSR count). The van der Waals surface area contributed by atoms with Crippen molar-refractivity contribution in [1.29, 1.82) is 0 Å². The van der Waals surface area contributed by atoms with Crippen LogP contribution in [0.1, 0.15) is 0 Å². The van der Waals surface area contributed by atoms with Crippen molar-refractivity contribution >= 4 is 24.7 Å². The molecule has 0 aromatic carbocycles. The summed E-state index contributed by atoms with van der Waals surface area (Å²) in [5, 5.41) is 2.33. The molecule has 1 amide bonds. The van der Waals surface area contributed by atoms with Gasteiger partial charge in [0.25, 0.3) is 0 Å². The number of hydrogen-bond donors (Lipinski definition) is 1. The maximum absolute atomic E-state index is 10.1. The van der Waals surface area contributed by atoms with E-state index in [0.717, 1.165) is 0 Å². The fourth-order valence-electron chi connectivity index (χ4n) is 0.0651. The Morgan fingerprint density at radius 2 is 2.57 bits per heavy atom. The monoisotopic (exact) mass is 328 g/mol. The normalized spacial score (nSPS) is 8.29. The van der Waals surface area contributed by atoms with Crippen LogP contribution in [0.5, 0.6) is 0 Å². The summed E-state index contributed by atoms with van der Waals surface area (Å²) in [6.07, 6.45) is -0.331. The summed E-state index contributed by atoms with van der Waals surface area (Å²) in [6.45, 7) is 0. The predicted molar refractivity (Wildman–Crippen MR) is 29.6 cm³/mol. The Bertz CT molecular complexity index is 66.7. The van der Waals surface area contributed by atoms with Crippen LogP contribution in [0.2, 0.25) is 0 Å². The Balaban J connectivity index is 3.00. The third kappa shape index (κ3) is 4.59. The first-order valence-corrected chi connectivity index (χ1v) is 8.62. The van der Waals surface area contributed by atoms with Crippen LogP contribution in [0.3, 0.4) is 0 Å². The van der Waals surface area contributed by atoms with E-state index in [1.165, 1.54) is 0 Å². The molecule has 0 aromatic heterocycles. The van der Waals surface area contributed by atoms with Crippen LogP contribution in [0.25, 0.3) is 0 Å². The number of nitrogens with one attached hydrogen (secondary N) is 1. The summed E-state index contributed by atoms with van der Waals surface area (Å²) in [5.41, 5.74) is 0. The Morgan fingerprint density at radius 1 is 2.00 bits per heavy atom. The van der Waals surface area contributed by atoms with Crippen LogP contribution in [0.4, 0.5) is 4.79 Å². The SMILES string of the molecule is CNC(=O)O[I-]I. The van der Waals surface area contributed by atoms with Gasteiger partial charge in [-0.05, 0) is 0 Å². The van der Waals surface area contributed by atoms with E-state index >= 15 is 0 Å². The fourth-order valence-corrected chi connectivity index (χ4v) is 1.45. The summed E-state index contributed by atoms with van der Waals surface area (Å²) in [4.78, 5) is 10.1. The van der Waals surface area contributed by atoms with Gasteiger partial charge in [0, 0.05) is 0 Å². The van der Waals surface area contributed by atoms with Gasteiger partial charge < -0.3 is 0 Å². The second-order valence-electron chi connectivity index (χ2n) is 0.673. The summed E-state index contributed by atoms with van der Waals surface area (Å²) >= 11 is 1.67. The van der Waals surface area contributed by atoms with E-state index in [1.54, 1.807) is 7.05 Å². The topological polar surface area (TPSA) is 38.3 Å². The molecular weight excluding hydrogens is 324 g/mol. The van der Waals surface area contributed by atoms with E-state index in [4.69, 9.17) is 0 Å². The fraction of sp³-hybridized carbons (Fsp3) is 0.500. The molecule has 1 N–H and O–H groups in total. The zero-order valence-electron chi connectivity index (χ0n) is 3.57. The van der Waals surface area contributed by atoms with Crippen molar-refractivity contribution in [2.45, 2.75) is 0 Å². The van der Waals surface area contributed by atoms with Crippen LogP contribution in [0.15, 0.2) is 0 Å². The first-order chi connectivity index (χ1) is 3.31. The maximum atomic E-state index is 10.1.